The van der Waals surface area contributed by atoms with Gasteiger partial charge in [-0.25, -0.2) is 13.1 Å². The first-order valence-corrected chi connectivity index (χ1v) is 7.96. The molecule has 1 aromatic rings. The number of halogens is 3. The highest BCUT2D eigenvalue weighted by molar-refractivity contribution is 7.89. The van der Waals surface area contributed by atoms with Crippen LogP contribution in [0.2, 0.25) is 0 Å². The topological polar surface area (TPSA) is 58.2 Å². The SMILES string of the molecule is CC1(C)NCCC1NS(=O)(=O)c1ccccc1C(F)(F)F. The van der Waals surface area contributed by atoms with Crippen molar-refractivity contribution in [2.45, 2.75) is 42.9 Å². The highest BCUT2D eigenvalue weighted by atomic mass is 32.2. The zero-order valence-electron chi connectivity index (χ0n) is 11.7. The van der Waals surface area contributed by atoms with Gasteiger partial charge in [0.1, 0.15) is 0 Å². The maximum Gasteiger partial charge on any atom is 0.417 e. The predicted molar refractivity (Wildman–Crippen MR) is 72.3 cm³/mol. The normalized spacial score (nSPS) is 22.4. The van der Waals surface area contributed by atoms with Crippen molar-refractivity contribution in [3.8, 4) is 0 Å². The van der Waals surface area contributed by atoms with E-state index in [1.54, 1.807) is 0 Å². The molecule has 0 saturated carbocycles. The lowest BCUT2D eigenvalue weighted by atomic mass is 9.98. The van der Waals surface area contributed by atoms with E-state index in [0.29, 0.717) is 13.0 Å². The summed E-state index contributed by atoms with van der Waals surface area (Å²) in [5, 5.41) is 3.12. The fourth-order valence-corrected chi connectivity index (χ4v) is 4.06. The van der Waals surface area contributed by atoms with Crippen LogP contribution in [-0.2, 0) is 16.2 Å². The first kappa shape index (κ1) is 16.3. The third-order valence-corrected chi connectivity index (χ3v) is 5.19. The summed E-state index contributed by atoms with van der Waals surface area (Å²) >= 11 is 0. The summed E-state index contributed by atoms with van der Waals surface area (Å²) in [6, 6.07) is 3.74. The minimum Gasteiger partial charge on any atom is -0.310 e. The Morgan fingerprint density at radius 1 is 1.29 bits per heavy atom. The molecule has 0 amide bonds. The molecule has 8 heteroatoms. The van der Waals surface area contributed by atoms with Crippen molar-refractivity contribution in [3.63, 3.8) is 0 Å². The van der Waals surface area contributed by atoms with Crippen molar-refractivity contribution in [1.29, 1.82) is 0 Å². The second-order valence-corrected chi connectivity index (χ2v) is 7.29. The van der Waals surface area contributed by atoms with E-state index >= 15 is 0 Å². The molecule has 21 heavy (non-hydrogen) atoms. The second-order valence-electron chi connectivity index (χ2n) is 5.60. The first-order chi connectivity index (χ1) is 9.54. The molecular weight excluding hydrogens is 305 g/mol. The molecule has 2 rings (SSSR count). The minimum atomic E-state index is -4.71. The van der Waals surface area contributed by atoms with Crippen LogP contribution in [0.25, 0.3) is 0 Å². The summed E-state index contributed by atoms with van der Waals surface area (Å²) in [5.74, 6) is 0. The van der Waals surface area contributed by atoms with Crippen LogP contribution in [0.4, 0.5) is 13.2 Å². The van der Waals surface area contributed by atoms with Gasteiger partial charge in [0, 0.05) is 11.6 Å². The molecule has 1 saturated heterocycles. The Morgan fingerprint density at radius 3 is 2.43 bits per heavy atom. The largest absolute Gasteiger partial charge is 0.417 e. The van der Waals surface area contributed by atoms with Gasteiger partial charge in [-0.3, -0.25) is 0 Å². The van der Waals surface area contributed by atoms with E-state index in [9.17, 15) is 21.6 Å². The Morgan fingerprint density at radius 2 is 1.90 bits per heavy atom. The third-order valence-electron chi connectivity index (χ3n) is 3.66. The fraction of sp³-hybridized carbons (Fsp3) is 0.538. The van der Waals surface area contributed by atoms with Gasteiger partial charge in [0.15, 0.2) is 0 Å². The van der Waals surface area contributed by atoms with Gasteiger partial charge in [-0.15, -0.1) is 0 Å². The van der Waals surface area contributed by atoms with Crippen molar-refractivity contribution in [2.75, 3.05) is 6.54 Å². The molecule has 1 aliphatic heterocycles. The van der Waals surface area contributed by atoms with Crippen LogP contribution in [-0.4, -0.2) is 26.5 Å². The quantitative estimate of drug-likeness (QED) is 0.896. The zero-order valence-corrected chi connectivity index (χ0v) is 12.5. The Balaban J connectivity index is 2.37. The van der Waals surface area contributed by atoms with Gasteiger partial charge in [0.05, 0.1) is 10.5 Å². The smallest absolute Gasteiger partial charge is 0.310 e. The van der Waals surface area contributed by atoms with Crippen LogP contribution < -0.4 is 10.0 Å². The summed E-state index contributed by atoms with van der Waals surface area (Å²) in [5.41, 5.74) is -1.65. The highest BCUT2D eigenvalue weighted by Crippen LogP contribution is 2.34. The van der Waals surface area contributed by atoms with Gasteiger partial charge in [0.25, 0.3) is 0 Å². The average molecular weight is 322 g/mol. The lowest BCUT2D eigenvalue weighted by molar-refractivity contribution is -0.139. The van der Waals surface area contributed by atoms with Gasteiger partial charge in [0.2, 0.25) is 10.0 Å². The predicted octanol–water partition coefficient (Wildman–Crippen LogP) is 2.12. The molecule has 0 aliphatic carbocycles. The number of sulfonamides is 1. The number of rotatable bonds is 3. The monoisotopic (exact) mass is 322 g/mol. The van der Waals surface area contributed by atoms with Crippen molar-refractivity contribution >= 4 is 10.0 Å². The number of hydrogen-bond acceptors (Lipinski definition) is 3. The van der Waals surface area contributed by atoms with Crippen LogP contribution in [0.3, 0.4) is 0 Å². The molecule has 1 aliphatic rings. The fourth-order valence-electron chi connectivity index (χ4n) is 2.41. The van der Waals surface area contributed by atoms with Crippen LogP contribution in [0.5, 0.6) is 0 Å². The summed E-state index contributed by atoms with van der Waals surface area (Å²) in [4.78, 5) is -0.736. The average Bonchev–Trinajstić information content (AvgIpc) is 2.67. The minimum absolute atomic E-state index is 0.455. The molecule has 0 aromatic heterocycles. The Bertz CT molecular complexity index is 627. The summed E-state index contributed by atoms with van der Waals surface area (Å²) in [6.07, 6.45) is -4.19. The first-order valence-electron chi connectivity index (χ1n) is 6.48. The van der Waals surface area contributed by atoms with Crippen LogP contribution in [0, 0.1) is 0 Å². The van der Waals surface area contributed by atoms with E-state index in [0.717, 1.165) is 12.1 Å². The molecule has 1 heterocycles. The lowest BCUT2D eigenvalue weighted by Crippen LogP contribution is -2.50. The van der Waals surface area contributed by atoms with E-state index in [4.69, 9.17) is 0 Å². The Labute approximate surface area is 121 Å². The molecule has 4 nitrogen and oxygen atoms in total. The summed E-state index contributed by atoms with van der Waals surface area (Å²) in [6.45, 7) is 4.23. The Kier molecular flexibility index (Phi) is 4.07. The highest BCUT2D eigenvalue weighted by Gasteiger charge is 2.40. The number of benzene rings is 1. The number of hydrogen-bond donors (Lipinski definition) is 2. The molecule has 0 bridgehead atoms. The Hall–Kier alpha value is -1.12. The number of nitrogens with one attached hydrogen (secondary N) is 2. The molecule has 0 spiro atoms. The standard InChI is InChI=1S/C13H17F3N2O2S/c1-12(2)11(7-8-17-12)18-21(19,20)10-6-4-3-5-9(10)13(14,15)16/h3-6,11,17-18H,7-8H2,1-2H3. The summed E-state index contributed by atoms with van der Waals surface area (Å²) in [7, 11) is -4.24. The summed E-state index contributed by atoms with van der Waals surface area (Å²) < 4.78 is 65.8. The van der Waals surface area contributed by atoms with Gasteiger partial charge in [-0.2, -0.15) is 13.2 Å². The van der Waals surface area contributed by atoms with Gasteiger partial charge >= 0.3 is 6.18 Å². The molecule has 1 unspecified atom stereocenters. The molecule has 1 fully saturated rings. The van der Waals surface area contributed by atoms with Crippen LogP contribution in [0.15, 0.2) is 29.2 Å². The molecule has 1 aromatic carbocycles. The molecular formula is C13H17F3N2O2S. The van der Waals surface area contributed by atoms with Crippen LogP contribution in [0.1, 0.15) is 25.8 Å². The van der Waals surface area contributed by atoms with Crippen molar-refractivity contribution in [1.82, 2.24) is 10.0 Å². The van der Waals surface area contributed by atoms with Gasteiger partial charge in [-0.05, 0) is 38.9 Å². The van der Waals surface area contributed by atoms with Crippen LogP contribution >= 0.6 is 0 Å². The van der Waals surface area contributed by atoms with Crippen molar-refractivity contribution in [2.24, 2.45) is 0 Å². The van der Waals surface area contributed by atoms with E-state index in [1.165, 1.54) is 12.1 Å². The zero-order chi connectivity index (χ0) is 15.9. The lowest BCUT2D eigenvalue weighted by Gasteiger charge is -2.28. The second kappa shape index (κ2) is 5.26. The third kappa shape index (κ3) is 3.38. The number of alkyl halides is 3. The molecule has 2 N–H and O–H groups in total. The van der Waals surface area contributed by atoms with E-state index < -0.39 is 38.2 Å². The molecule has 118 valence electrons. The van der Waals surface area contributed by atoms with Crippen molar-refractivity contribution in [3.05, 3.63) is 29.8 Å². The van der Waals surface area contributed by atoms with E-state index in [2.05, 4.69) is 10.0 Å². The van der Waals surface area contributed by atoms with Crippen molar-refractivity contribution < 1.29 is 21.6 Å². The maximum atomic E-state index is 12.9. The van der Waals surface area contributed by atoms with Gasteiger partial charge in [-0.1, -0.05) is 12.1 Å². The molecule has 0 radical (unpaired) electrons. The van der Waals surface area contributed by atoms with E-state index in [-0.39, 0.29) is 0 Å². The van der Waals surface area contributed by atoms with Gasteiger partial charge < -0.3 is 5.32 Å². The maximum absolute atomic E-state index is 12.9. The van der Waals surface area contributed by atoms with E-state index in [1.807, 2.05) is 13.8 Å². The molecule has 1 atom stereocenters.